The highest BCUT2D eigenvalue weighted by Crippen LogP contribution is 2.40. The third-order valence-corrected chi connectivity index (χ3v) is 5.20. The summed E-state index contributed by atoms with van der Waals surface area (Å²) in [4.78, 5) is 0. The highest BCUT2D eigenvalue weighted by molar-refractivity contribution is 6.21. The second-order valence-corrected chi connectivity index (χ2v) is 6.74. The third-order valence-electron chi connectivity index (χ3n) is 4.59. The van der Waals surface area contributed by atoms with Crippen LogP contribution in [0.1, 0.15) is 68.9 Å². The molecule has 2 rings (SSSR count). The molecule has 0 amide bonds. The Hall–Kier alpha value is -0.490. The van der Waals surface area contributed by atoms with Crippen LogP contribution in [0.2, 0.25) is 0 Å². The van der Waals surface area contributed by atoms with Gasteiger partial charge in [-0.2, -0.15) is 0 Å². The minimum Gasteiger partial charge on any atom is -0.118 e. The van der Waals surface area contributed by atoms with Gasteiger partial charge in [-0.3, -0.25) is 0 Å². The molecule has 0 saturated heterocycles. The van der Waals surface area contributed by atoms with E-state index in [1.165, 1.54) is 56.1 Å². The summed E-state index contributed by atoms with van der Waals surface area (Å²) < 4.78 is 0. The van der Waals surface area contributed by atoms with E-state index < -0.39 is 0 Å². The van der Waals surface area contributed by atoms with Crippen molar-refractivity contribution in [2.75, 3.05) is 0 Å². The van der Waals surface area contributed by atoms with Gasteiger partial charge in [0.2, 0.25) is 0 Å². The van der Waals surface area contributed by atoms with Gasteiger partial charge in [-0.1, -0.05) is 57.4 Å². The average Bonchev–Trinajstić information content (AvgIpc) is 2.46. The lowest BCUT2D eigenvalue weighted by atomic mass is 9.80. The maximum Gasteiger partial charge on any atom is 0.0613 e. The van der Waals surface area contributed by atoms with E-state index in [4.69, 9.17) is 11.6 Å². The lowest BCUT2D eigenvalue weighted by molar-refractivity contribution is 0.283. The summed E-state index contributed by atoms with van der Waals surface area (Å²) in [7, 11) is 0. The number of aryl methyl sites for hydroxylation is 1. The van der Waals surface area contributed by atoms with E-state index in [1.54, 1.807) is 0 Å². The fourth-order valence-corrected chi connectivity index (χ4v) is 3.50. The topological polar surface area (TPSA) is 0 Å². The van der Waals surface area contributed by atoms with Gasteiger partial charge in [0, 0.05) is 0 Å². The van der Waals surface area contributed by atoms with Crippen molar-refractivity contribution in [2.24, 2.45) is 11.8 Å². The molecule has 1 fully saturated rings. The van der Waals surface area contributed by atoms with Crippen molar-refractivity contribution >= 4 is 11.6 Å². The van der Waals surface area contributed by atoms with Gasteiger partial charge >= 0.3 is 0 Å². The normalized spacial score (nSPS) is 25.2. The van der Waals surface area contributed by atoms with Crippen LogP contribution in [-0.2, 0) is 6.42 Å². The van der Waals surface area contributed by atoms with Gasteiger partial charge in [0.05, 0.1) is 5.38 Å². The molecule has 1 aliphatic carbocycles. The van der Waals surface area contributed by atoms with Crippen molar-refractivity contribution in [3.63, 3.8) is 0 Å². The number of hydrogen-bond acceptors (Lipinski definition) is 0. The summed E-state index contributed by atoms with van der Waals surface area (Å²) in [5.41, 5.74) is 2.77. The molecule has 19 heavy (non-hydrogen) atoms. The number of rotatable bonds is 5. The molecule has 0 bridgehead atoms. The van der Waals surface area contributed by atoms with Crippen molar-refractivity contribution in [3.05, 3.63) is 35.4 Å². The Morgan fingerprint density at radius 1 is 1.11 bits per heavy atom. The van der Waals surface area contributed by atoms with E-state index in [9.17, 15) is 0 Å². The van der Waals surface area contributed by atoms with E-state index in [0.717, 1.165) is 5.92 Å². The Balaban J connectivity index is 1.93. The predicted octanol–water partition coefficient (Wildman–Crippen LogP) is 6.14. The van der Waals surface area contributed by atoms with Crippen LogP contribution in [0.3, 0.4) is 0 Å². The Labute approximate surface area is 123 Å². The number of benzene rings is 1. The molecule has 0 spiro atoms. The van der Waals surface area contributed by atoms with Crippen molar-refractivity contribution in [3.8, 4) is 0 Å². The molecule has 0 aromatic heterocycles. The van der Waals surface area contributed by atoms with Gasteiger partial charge in [-0.15, -0.1) is 11.6 Å². The third kappa shape index (κ3) is 4.24. The summed E-state index contributed by atoms with van der Waals surface area (Å²) in [5, 5.41) is 0.215. The lowest BCUT2D eigenvalue weighted by Gasteiger charge is -2.29. The smallest absolute Gasteiger partial charge is 0.0613 e. The van der Waals surface area contributed by atoms with Gasteiger partial charge < -0.3 is 0 Å². The van der Waals surface area contributed by atoms with Gasteiger partial charge in [-0.05, 0) is 48.6 Å². The molecule has 0 radical (unpaired) electrons. The molecular weight excluding hydrogens is 252 g/mol. The largest absolute Gasteiger partial charge is 0.118 e. The van der Waals surface area contributed by atoms with E-state index in [-0.39, 0.29) is 5.38 Å². The molecule has 0 nitrogen and oxygen atoms in total. The first kappa shape index (κ1) is 14.9. The molecule has 106 valence electrons. The van der Waals surface area contributed by atoms with E-state index >= 15 is 0 Å². The molecule has 1 heteroatoms. The highest BCUT2D eigenvalue weighted by atomic mass is 35.5. The van der Waals surface area contributed by atoms with E-state index in [2.05, 4.69) is 38.1 Å². The predicted molar refractivity (Wildman–Crippen MR) is 84.8 cm³/mol. The summed E-state index contributed by atoms with van der Waals surface area (Å²) in [6.07, 6.45) is 9.04. The van der Waals surface area contributed by atoms with Crippen LogP contribution >= 0.6 is 11.6 Å². The molecule has 1 aromatic rings. The second kappa shape index (κ2) is 7.33. The highest BCUT2D eigenvalue weighted by Gasteiger charge is 2.25. The monoisotopic (exact) mass is 278 g/mol. The van der Waals surface area contributed by atoms with E-state index in [0.29, 0.717) is 5.92 Å². The minimum atomic E-state index is 0.215. The zero-order chi connectivity index (χ0) is 13.7. The molecule has 0 heterocycles. The molecule has 1 atom stereocenters. The van der Waals surface area contributed by atoms with Gasteiger partial charge in [-0.25, -0.2) is 0 Å². The fraction of sp³-hybridized carbons (Fsp3) is 0.667. The minimum absolute atomic E-state index is 0.215. The van der Waals surface area contributed by atoms with Crippen molar-refractivity contribution in [2.45, 2.75) is 64.2 Å². The zero-order valence-electron chi connectivity index (χ0n) is 12.4. The van der Waals surface area contributed by atoms with Gasteiger partial charge in [0.15, 0.2) is 0 Å². The summed E-state index contributed by atoms with van der Waals surface area (Å²) >= 11 is 6.69. The average molecular weight is 279 g/mol. The van der Waals surface area contributed by atoms with Crippen LogP contribution in [0, 0.1) is 11.8 Å². The van der Waals surface area contributed by atoms with Crippen LogP contribution in [0.15, 0.2) is 24.3 Å². The van der Waals surface area contributed by atoms with Gasteiger partial charge in [0.1, 0.15) is 0 Å². The van der Waals surface area contributed by atoms with Crippen LogP contribution in [0.25, 0.3) is 0 Å². The Morgan fingerprint density at radius 2 is 1.74 bits per heavy atom. The molecule has 1 unspecified atom stereocenters. The Kier molecular flexibility index (Phi) is 5.76. The number of hydrogen-bond donors (Lipinski definition) is 0. The molecule has 1 aromatic carbocycles. The van der Waals surface area contributed by atoms with Crippen molar-refractivity contribution in [1.29, 1.82) is 0 Å². The zero-order valence-corrected chi connectivity index (χ0v) is 13.1. The van der Waals surface area contributed by atoms with Gasteiger partial charge in [0.25, 0.3) is 0 Å². The second-order valence-electron chi connectivity index (χ2n) is 6.27. The summed E-state index contributed by atoms with van der Waals surface area (Å²) in [5.74, 6) is 1.58. The fourth-order valence-electron chi connectivity index (χ4n) is 3.10. The van der Waals surface area contributed by atoms with Crippen LogP contribution in [0.5, 0.6) is 0 Å². The first-order chi connectivity index (χ1) is 9.20. The molecule has 1 saturated carbocycles. The summed E-state index contributed by atoms with van der Waals surface area (Å²) in [6, 6.07) is 9.04. The first-order valence-electron chi connectivity index (χ1n) is 7.93. The van der Waals surface area contributed by atoms with E-state index in [1.807, 2.05) is 0 Å². The molecular formula is C18H27Cl. The molecule has 0 aliphatic heterocycles. The van der Waals surface area contributed by atoms with Crippen molar-refractivity contribution in [1.82, 2.24) is 0 Å². The number of halogens is 1. The Morgan fingerprint density at radius 3 is 2.32 bits per heavy atom. The number of alkyl halides is 1. The molecule has 1 aliphatic rings. The number of unbranched alkanes of at least 4 members (excludes halogenated alkanes) is 1. The maximum absolute atomic E-state index is 6.69. The SMILES string of the molecule is CCCCc1ccc(C(Cl)C2CCC(C)CC2)cc1. The quantitative estimate of drug-likeness (QED) is 0.568. The van der Waals surface area contributed by atoms with Crippen LogP contribution in [-0.4, -0.2) is 0 Å². The lowest BCUT2D eigenvalue weighted by Crippen LogP contribution is -2.16. The Bertz CT molecular complexity index is 360. The van der Waals surface area contributed by atoms with Crippen molar-refractivity contribution < 1.29 is 0 Å². The maximum atomic E-state index is 6.69. The van der Waals surface area contributed by atoms with Crippen LogP contribution < -0.4 is 0 Å². The summed E-state index contributed by atoms with van der Waals surface area (Å²) in [6.45, 7) is 4.61. The van der Waals surface area contributed by atoms with Crippen LogP contribution in [0.4, 0.5) is 0 Å². The first-order valence-corrected chi connectivity index (χ1v) is 8.37. The molecule has 0 N–H and O–H groups in total. The standard InChI is InChI=1S/C18H27Cl/c1-3-4-5-15-8-12-17(13-9-15)18(19)16-10-6-14(2)7-11-16/h8-9,12-14,16,18H,3-7,10-11H2,1-2H3.